The van der Waals surface area contributed by atoms with Crippen LogP contribution in [0.5, 0.6) is 5.75 Å². The van der Waals surface area contributed by atoms with Crippen molar-refractivity contribution in [3.05, 3.63) is 22.7 Å². The molecule has 0 saturated carbocycles. The second-order valence-electron chi connectivity index (χ2n) is 4.11. The molecule has 102 valence electrons. The molecule has 1 heterocycles. The fraction of sp³-hybridized carbons (Fsp3) is 0.273. The predicted octanol–water partition coefficient (Wildman–Crippen LogP) is 2.60. The zero-order chi connectivity index (χ0) is 14.0. The topological polar surface area (TPSA) is 80.2 Å². The maximum absolute atomic E-state index is 11.6. The summed E-state index contributed by atoms with van der Waals surface area (Å²) >= 11 is 3.40. The van der Waals surface area contributed by atoms with Gasteiger partial charge in [-0.05, 0) is 34.1 Å². The van der Waals surface area contributed by atoms with E-state index in [1.54, 1.807) is 7.11 Å². The molecule has 1 aromatic carbocycles. The van der Waals surface area contributed by atoms with Crippen molar-refractivity contribution in [3.8, 4) is 17.1 Å². The van der Waals surface area contributed by atoms with Gasteiger partial charge >= 0.3 is 0 Å². The lowest BCUT2D eigenvalue weighted by Gasteiger charge is -2.03. The minimum absolute atomic E-state index is 0.192. The van der Waals surface area contributed by atoms with Gasteiger partial charge in [0.1, 0.15) is 5.75 Å². The van der Waals surface area contributed by atoms with E-state index in [1.807, 2.05) is 18.2 Å². The summed E-state index contributed by atoms with van der Waals surface area (Å²) in [5, 5.41) is 6.69. The SMILES string of the molecule is COc1ccc(-c2nc(N=S(C)(C)=O)n[nH]2)cc1Br. The molecule has 0 amide bonds. The van der Waals surface area contributed by atoms with Crippen LogP contribution in [0.2, 0.25) is 0 Å². The summed E-state index contributed by atoms with van der Waals surface area (Å²) < 4.78 is 21.5. The molecule has 19 heavy (non-hydrogen) atoms. The number of rotatable bonds is 3. The fourth-order valence-electron chi connectivity index (χ4n) is 1.43. The van der Waals surface area contributed by atoms with Crippen LogP contribution in [0.25, 0.3) is 11.4 Å². The number of nitrogens with one attached hydrogen (secondary N) is 1. The Balaban J connectivity index is 2.38. The third kappa shape index (κ3) is 3.54. The molecule has 0 unspecified atom stereocenters. The molecule has 0 aliphatic heterocycles. The molecule has 2 aromatic rings. The van der Waals surface area contributed by atoms with Gasteiger partial charge in [-0.25, -0.2) is 4.21 Å². The largest absolute Gasteiger partial charge is 0.496 e. The van der Waals surface area contributed by atoms with Crippen molar-refractivity contribution in [2.75, 3.05) is 19.6 Å². The number of hydrogen-bond acceptors (Lipinski definition) is 5. The fourth-order valence-corrected chi connectivity index (χ4v) is 2.45. The quantitative estimate of drug-likeness (QED) is 0.927. The summed E-state index contributed by atoms with van der Waals surface area (Å²) in [4.78, 5) is 4.19. The Labute approximate surface area is 119 Å². The van der Waals surface area contributed by atoms with Crippen LogP contribution in [-0.2, 0) is 9.73 Å². The third-order valence-electron chi connectivity index (χ3n) is 2.20. The number of H-pyrrole nitrogens is 1. The number of benzene rings is 1. The van der Waals surface area contributed by atoms with Crippen molar-refractivity contribution in [1.29, 1.82) is 0 Å². The highest BCUT2D eigenvalue weighted by molar-refractivity contribution is 9.10. The average Bonchev–Trinajstić information content (AvgIpc) is 2.75. The first-order valence-electron chi connectivity index (χ1n) is 5.32. The summed E-state index contributed by atoms with van der Waals surface area (Å²) in [5.74, 6) is 1.49. The monoisotopic (exact) mass is 344 g/mol. The Morgan fingerprint density at radius 1 is 1.42 bits per heavy atom. The maximum atomic E-state index is 11.6. The molecule has 1 aromatic heterocycles. The first-order chi connectivity index (χ1) is 8.89. The van der Waals surface area contributed by atoms with Gasteiger partial charge in [0.25, 0.3) is 5.95 Å². The summed E-state index contributed by atoms with van der Waals surface area (Å²) in [5.41, 5.74) is 0.834. The van der Waals surface area contributed by atoms with Crippen LogP contribution < -0.4 is 4.74 Å². The first-order valence-corrected chi connectivity index (χ1v) is 8.45. The van der Waals surface area contributed by atoms with E-state index in [0.717, 1.165) is 15.8 Å². The third-order valence-corrected chi connectivity index (χ3v) is 3.42. The van der Waals surface area contributed by atoms with Gasteiger partial charge in [-0.2, -0.15) is 9.35 Å². The molecule has 0 fully saturated rings. The zero-order valence-electron chi connectivity index (χ0n) is 10.7. The van der Waals surface area contributed by atoms with E-state index < -0.39 is 9.73 Å². The zero-order valence-corrected chi connectivity index (χ0v) is 13.1. The van der Waals surface area contributed by atoms with E-state index in [-0.39, 0.29) is 5.95 Å². The summed E-state index contributed by atoms with van der Waals surface area (Å²) in [6.07, 6.45) is 3.07. The molecule has 0 aliphatic rings. The molecule has 2 rings (SSSR count). The van der Waals surface area contributed by atoms with Gasteiger partial charge in [0, 0.05) is 27.8 Å². The van der Waals surface area contributed by atoms with Gasteiger partial charge in [0.05, 0.1) is 11.6 Å². The Hall–Kier alpha value is -1.41. The smallest absolute Gasteiger partial charge is 0.276 e. The highest BCUT2D eigenvalue weighted by Gasteiger charge is 2.08. The van der Waals surface area contributed by atoms with Crippen LogP contribution in [0.4, 0.5) is 5.95 Å². The molecule has 0 spiro atoms. The van der Waals surface area contributed by atoms with Gasteiger partial charge in [-0.3, -0.25) is 5.10 Å². The summed E-state index contributed by atoms with van der Waals surface area (Å²) in [7, 11) is -0.663. The van der Waals surface area contributed by atoms with Gasteiger partial charge in [0.15, 0.2) is 5.82 Å². The number of aromatic amines is 1. The standard InChI is InChI=1S/C11H13BrN4O2S/c1-18-9-5-4-7(6-8(9)12)10-13-11(15-14-10)16-19(2,3)17/h4-6H,1-3H3,(H,13,14,15). The van der Waals surface area contributed by atoms with E-state index in [9.17, 15) is 4.21 Å². The number of hydrogen-bond donors (Lipinski definition) is 1. The minimum Gasteiger partial charge on any atom is -0.496 e. The normalized spacial score (nSPS) is 11.4. The summed E-state index contributed by atoms with van der Waals surface area (Å²) in [6, 6.07) is 5.53. The van der Waals surface area contributed by atoms with E-state index >= 15 is 0 Å². The molecule has 8 heteroatoms. The Morgan fingerprint density at radius 2 is 2.16 bits per heavy atom. The molecular weight excluding hydrogens is 332 g/mol. The molecular formula is C11H13BrN4O2S. The van der Waals surface area contributed by atoms with Crippen molar-refractivity contribution in [1.82, 2.24) is 15.2 Å². The lowest BCUT2D eigenvalue weighted by atomic mass is 10.2. The van der Waals surface area contributed by atoms with Gasteiger partial charge in [-0.1, -0.05) is 0 Å². The lowest BCUT2D eigenvalue weighted by molar-refractivity contribution is 0.412. The second-order valence-corrected chi connectivity index (χ2v) is 7.51. The molecule has 0 radical (unpaired) electrons. The predicted molar refractivity (Wildman–Crippen MR) is 78.1 cm³/mol. The van der Waals surface area contributed by atoms with Crippen LogP contribution in [0.15, 0.2) is 27.0 Å². The number of halogens is 1. The molecule has 0 saturated heterocycles. The summed E-state index contributed by atoms with van der Waals surface area (Å²) in [6.45, 7) is 0. The highest BCUT2D eigenvalue weighted by atomic mass is 79.9. The van der Waals surface area contributed by atoms with Crippen molar-refractivity contribution in [2.45, 2.75) is 0 Å². The number of methoxy groups -OCH3 is 1. The first kappa shape index (κ1) is 14.0. The Kier molecular flexibility index (Phi) is 3.91. The van der Waals surface area contributed by atoms with Gasteiger partial charge < -0.3 is 4.74 Å². The van der Waals surface area contributed by atoms with E-state index in [2.05, 4.69) is 35.5 Å². The minimum atomic E-state index is -2.26. The average molecular weight is 345 g/mol. The van der Waals surface area contributed by atoms with E-state index in [0.29, 0.717) is 5.82 Å². The van der Waals surface area contributed by atoms with Crippen molar-refractivity contribution >= 4 is 31.6 Å². The maximum Gasteiger partial charge on any atom is 0.276 e. The van der Waals surface area contributed by atoms with Crippen molar-refractivity contribution in [2.24, 2.45) is 4.36 Å². The van der Waals surface area contributed by atoms with Crippen LogP contribution in [-0.4, -0.2) is 39.0 Å². The van der Waals surface area contributed by atoms with Crippen molar-refractivity contribution in [3.63, 3.8) is 0 Å². The van der Waals surface area contributed by atoms with E-state index in [4.69, 9.17) is 4.74 Å². The molecule has 0 aliphatic carbocycles. The van der Waals surface area contributed by atoms with Gasteiger partial charge in [0.2, 0.25) is 0 Å². The number of ether oxygens (including phenoxy) is 1. The van der Waals surface area contributed by atoms with Crippen molar-refractivity contribution < 1.29 is 8.95 Å². The molecule has 1 N–H and O–H groups in total. The van der Waals surface area contributed by atoms with E-state index in [1.165, 1.54) is 12.5 Å². The second kappa shape index (κ2) is 5.30. The number of aromatic nitrogens is 3. The lowest BCUT2D eigenvalue weighted by Crippen LogP contribution is -1.89. The Morgan fingerprint density at radius 3 is 2.74 bits per heavy atom. The Bertz CT molecular complexity index is 711. The van der Waals surface area contributed by atoms with Crippen LogP contribution in [0.3, 0.4) is 0 Å². The number of nitrogens with zero attached hydrogens (tertiary/aromatic N) is 3. The van der Waals surface area contributed by atoms with Crippen LogP contribution in [0.1, 0.15) is 0 Å². The highest BCUT2D eigenvalue weighted by Crippen LogP contribution is 2.29. The molecule has 0 bridgehead atoms. The molecule has 0 atom stereocenters. The van der Waals surface area contributed by atoms with Crippen LogP contribution >= 0.6 is 15.9 Å². The van der Waals surface area contributed by atoms with Crippen LogP contribution in [0, 0.1) is 0 Å². The molecule has 6 nitrogen and oxygen atoms in total. The van der Waals surface area contributed by atoms with Gasteiger partial charge in [-0.15, -0.1) is 5.10 Å².